The van der Waals surface area contributed by atoms with E-state index in [4.69, 9.17) is 5.73 Å². The molecule has 1 aromatic rings. The third kappa shape index (κ3) is 2.47. The van der Waals surface area contributed by atoms with Crippen LogP contribution >= 0.6 is 0 Å². The molecule has 0 saturated heterocycles. The molecular weight excluding hydrogens is 240 g/mol. The van der Waals surface area contributed by atoms with Gasteiger partial charge in [-0.05, 0) is 0 Å². The summed E-state index contributed by atoms with van der Waals surface area (Å²) in [5.74, 6) is -1.30. The molecule has 98 valence electrons. The van der Waals surface area contributed by atoms with Crippen LogP contribution in [0, 0.1) is 0 Å². The van der Waals surface area contributed by atoms with E-state index >= 15 is 0 Å². The van der Waals surface area contributed by atoms with Gasteiger partial charge in [-0.2, -0.15) is 0 Å². The highest BCUT2D eigenvalue weighted by molar-refractivity contribution is 6.01. The molecule has 1 heterocycles. The van der Waals surface area contributed by atoms with Crippen molar-refractivity contribution in [2.24, 2.45) is 0 Å². The number of aromatic nitrogens is 2. The highest BCUT2D eigenvalue weighted by Gasteiger charge is 2.25. The summed E-state index contributed by atoms with van der Waals surface area (Å²) >= 11 is 0. The van der Waals surface area contributed by atoms with E-state index in [2.05, 4.69) is 19.4 Å². The minimum atomic E-state index is -0.806. The van der Waals surface area contributed by atoms with Crippen molar-refractivity contribution >= 4 is 23.6 Å². The van der Waals surface area contributed by atoms with Crippen LogP contribution in [0.2, 0.25) is 0 Å². The second kappa shape index (κ2) is 5.30. The fourth-order valence-electron chi connectivity index (χ4n) is 1.25. The van der Waals surface area contributed by atoms with Gasteiger partial charge in [-0.3, -0.25) is 0 Å². The van der Waals surface area contributed by atoms with E-state index in [-0.39, 0.29) is 23.0 Å². The topological polar surface area (TPSA) is 108 Å². The number of hydrogen-bond acceptors (Lipinski definition) is 8. The van der Waals surface area contributed by atoms with Crippen LogP contribution in [-0.2, 0) is 9.47 Å². The van der Waals surface area contributed by atoms with Gasteiger partial charge in [-0.25, -0.2) is 19.6 Å². The predicted octanol–water partition coefficient (Wildman–Crippen LogP) is -0.302. The van der Waals surface area contributed by atoms with E-state index in [0.717, 1.165) is 0 Å². The summed E-state index contributed by atoms with van der Waals surface area (Å²) in [4.78, 5) is 32.4. The maximum Gasteiger partial charge on any atom is 0.359 e. The van der Waals surface area contributed by atoms with Crippen molar-refractivity contribution in [3.8, 4) is 0 Å². The fourth-order valence-corrected chi connectivity index (χ4v) is 1.25. The van der Waals surface area contributed by atoms with Gasteiger partial charge in [-0.15, -0.1) is 0 Å². The quantitative estimate of drug-likeness (QED) is 0.732. The fraction of sp³-hybridized carbons (Fsp3) is 0.400. The maximum absolute atomic E-state index is 11.5. The Bertz CT molecular complexity index is 487. The van der Waals surface area contributed by atoms with E-state index in [9.17, 15) is 9.59 Å². The molecule has 0 atom stereocenters. The lowest BCUT2D eigenvalue weighted by Crippen LogP contribution is -2.22. The van der Waals surface area contributed by atoms with Crippen LogP contribution in [0.15, 0.2) is 0 Å². The highest BCUT2D eigenvalue weighted by atomic mass is 16.5. The number of esters is 2. The summed E-state index contributed by atoms with van der Waals surface area (Å²) in [5.41, 5.74) is 5.15. The Morgan fingerprint density at radius 1 is 1.06 bits per heavy atom. The molecule has 0 aliphatic carbocycles. The van der Waals surface area contributed by atoms with Gasteiger partial charge in [-0.1, -0.05) is 0 Å². The zero-order chi connectivity index (χ0) is 13.9. The van der Waals surface area contributed by atoms with Gasteiger partial charge in [0, 0.05) is 14.1 Å². The van der Waals surface area contributed by atoms with Gasteiger partial charge in [0.25, 0.3) is 0 Å². The van der Waals surface area contributed by atoms with E-state index in [1.807, 2.05) is 0 Å². The Morgan fingerprint density at radius 3 is 1.89 bits per heavy atom. The van der Waals surface area contributed by atoms with E-state index < -0.39 is 11.9 Å². The average Bonchev–Trinajstić information content (AvgIpc) is 2.36. The number of nitrogen functional groups attached to an aromatic ring is 1. The van der Waals surface area contributed by atoms with E-state index in [1.165, 1.54) is 14.2 Å². The first-order valence-electron chi connectivity index (χ1n) is 4.93. The first-order valence-corrected chi connectivity index (χ1v) is 4.93. The Hall–Kier alpha value is -2.38. The van der Waals surface area contributed by atoms with E-state index in [1.54, 1.807) is 19.0 Å². The first kappa shape index (κ1) is 13.7. The third-order valence-corrected chi connectivity index (χ3v) is 2.08. The number of nitrogens with zero attached hydrogens (tertiary/aromatic N) is 3. The van der Waals surface area contributed by atoms with Gasteiger partial charge in [0.2, 0.25) is 0 Å². The van der Waals surface area contributed by atoms with E-state index in [0.29, 0.717) is 0 Å². The molecule has 0 spiro atoms. The van der Waals surface area contributed by atoms with Crippen molar-refractivity contribution < 1.29 is 19.1 Å². The molecular formula is C10H14N4O4. The van der Waals surface area contributed by atoms with Gasteiger partial charge in [0.05, 0.1) is 14.2 Å². The maximum atomic E-state index is 11.5. The normalized spacial score (nSPS) is 9.78. The van der Waals surface area contributed by atoms with Crippen LogP contribution in [0.3, 0.4) is 0 Å². The lowest BCUT2D eigenvalue weighted by molar-refractivity contribution is 0.0544. The Morgan fingerprint density at radius 2 is 1.50 bits per heavy atom. The second-order valence-corrected chi connectivity index (χ2v) is 3.51. The zero-order valence-electron chi connectivity index (χ0n) is 10.6. The molecule has 0 fully saturated rings. The number of anilines is 2. The minimum absolute atomic E-state index is 0.0213. The van der Waals surface area contributed by atoms with Crippen molar-refractivity contribution in [3.63, 3.8) is 0 Å². The lowest BCUT2D eigenvalue weighted by atomic mass is 10.3. The van der Waals surface area contributed by atoms with Crippen molar-refractivity contribution in [2.75, 3.05) is 38.9 Å². The molecule has 0 amide bonds. The molecule has 0 aliphatic heterocycles. The molecule has 1 aromatic heterocycles. The number of methoxy groups -OCH3 is 2. The summed E-state index contributed by atoms with van der Waals surface area (Å²) in [6.07, 6.45) is 0. The first-order chi connectivity index (χ1) is 8.42. The number of rotatable bonds is 3. The molecule has 1 rings (SSSR count). The van der Waals surface area contributed by atoms with Crippen LogP contribution in [0.25, 0.3) is 0 Å². The molecule has 18 heavy (non-hydrogen) atoms. The summed E-state index contributed by atoms with van der Waals surface area (Å²) in [7, 11) is 5.70. The number of hydrogen-bond donors (Lipinski definition) is 1. The van der Waals surface area contributed by atoms with Crippen molar-refractivity contribution in [1.29, 1.82) is 0 Å². The molecule has 2 N–H and O–H groups in total. The number of nitrogens with two attached hydrogens (primary N) is 1. The smallest absolute Gasteiger partial charge is 0.359 e. The van der Waals surface area contributed by atoms with Gasteiger partial charge >= 0.3 is 11.9 Å². The molecule has 8 heteroatoms. The molecule has 8 nitrogen and oxygen atoms in total. The number of carbonyl (C=O) groups excluding carboxylic acids is 2. The summed E-state index contributed by atoms with van der Waals surface area (Å²) in [6, 6.07) is 0. The number of carbonyl (C=O) groups is 2. The van der Waals surface area contributed by atoms with Crippen LogP contribution < -0.4 is 10.6 Å². The van der Waals surface area contributed by atoms with Gasteiger partial charge in [0.1, 0.15) is 0 Å². The van der Waals surface area contributed by atoms with Crippen molar-refractivity contribution in [1.82, 2.24) is 9.97 Å². The minimum Gasteiger partial charge on any atom is -0.464 e. The molecule has 0 aliphatic rings. The third-order valence-electron chi connectivity index (χ3n) is 2.08. The summed E-state index contributed by atoms with van der Waals surface area (Å²) in [6.45, 7) is 0. The van der Waals surface area contributed by atoms with Crippen LogP contribution in [0.5, 0.6) is 0 Å². The van der Waals surface area contributed by atoms with Crippen molar-refractivity contribution in [2.45, 2.75) is 0 Å². The largest absolute Gasteiger partial charge is 0.464 e. The van der Waals surface area contributed by atoms with Crippen LogP contribution in [0.4, 0.5) is 11.6 Å². The Kier molecular flexibility index (Phi) is 4.03. The van der Waals surface area contributed by atoms with Crippen LogP contribution in [0.1, 0.15) is 21.0 Å². The van der Waals surface area contributed by atoms with Crippen molar-refractivity contribution in [3.05, 3.63) is 11.4 Å². The highest BCUT2D eigenvalue weighted by Crippen LogP contribution is 2.19. The molecule has 0 saturated carbocycles. The molecule has 0 unspecified atom stereocenters. The molecule has 0 aromatic carbocycles. The zero-order valence-corrected chi connectivity index (χ0v) is 10.6. The average molecular weight is 254 g/mol. The summed E-state index contributed by atoms with van der Waals surface area (Å²) < 4.78 is 9.05. The van der Waals surface area contributed by atoms with Crippen LogP contribution in [-0.4, -0.2) is 50.2 Å². The van der Waals surface area contributed by atoms with Gasteiger partial charge in [0.15, 0.2) is 23.0 Å². The number of ether oxygens (including phenoxy) is 2. The molecule has 0 bridgehead atoms. The Balaban J connectivity index is 3.46. The predicted molar refractivity (Wildman–Crippen MR) is 63.5 cm³/mol. The monoisotopic (exact) mass is 254 g/mol. The standard InChI is InChI=1S/C10H14N4O4/c1-14(2)8-7(11)12-5(9(15)17-3)6(13-8)10(16)18-4/h1-4H3,(H2,11,12). The van der Waals surface area contributed by atoms with Gasteiger partial charge < -0.3 is 20.1 Å². The second-order valence-electron chi connectivity index (χ2n) is 3.51. The molecule has 0 radical (unpaired) electrons. The summed E-state index contributed by atoms with van der Waals surface area (Å²) in [5, 5.41) is 0. The SMILES string of the molecule is COC(=O)c1nc(N)c(N(C)C)nc1C(=O)OC. The Labute approximate surface area is 104 Å². The lowest BCUT2D eigenvalue weighted by Gasteiger charge is -2.15.